The first-order valence-corrected chi connectivity index (χ1v) is 3.14. The number of cyclic esters (lactones) is 1. The van der Waals surface area contributed by atoms with Crippen LogP contribution in [0.25, 0.3) is 0 Å². The van der Waals surface area contributed by atoms with E-state index >= 15 is 0 Å². The molecule has 1 aliphatic heterocycles. The van der Waals surface area contributed by atoms with Crippen molar-refractivity contribution in [3.05, 3.63) is 0 Å². The predicted octanol–water partition coefficient (Wildman–Crippen LogP) is 0.622. The summed E-state index contributed by atoms with van der Waals surface area (Å²) in [6.07, 6.45) is 1.40. The topological polar surface area (TPSA) is 26.3 Å². The molecule has 0 amide bonds. The van der Waals surface area contributed by atoms with Crippen molar-refractivity contribution in [2.45, 2.75) is 18.1 Å². The Morgan fingerprint density at radius 2 is 2.50 bits per heavy atom. The highest BCUT2D eigenvalue weighted by atomic mass is 32.1. The zero-order valence-corrected chi connectivity index (χ0v) is 5.36. The zero-order valence-electron chi connectivity index (χ0n) is 4.46. The molecular formula is C5H8O2S. The zero-order chi connectivity index (χ0) is 5.98. The number of carbonyl (C=O) groups excluding carboxylic acids is 1. The minimum Gasteiger partial charge on any atom is -0.465 e. The second kappa shape index (κ2) is 2.40. The summed E-state index contributed by atoms with van der Waals surface area (Å²) < 4.78 is 4.67. The Kier molecular flexibility index (Phi) is 1.78. The molecule has 1 saturated heterocycles. The second-order valence-corrected chi connectivity index (χ2v) is 2.61. The molecule has 2 nitrogen and oxygen atoms in total. The van der Waals surface area contributed by atoms with Crippen LogP contribution in [0.2, 0.25) is 0 Å². The third kappa shape index (κ3) is 1.40. The maximum atomic E-state index is 10.4. The quantitative estimate of drug-likeness (QED) is 0.386. The van der Waals surface area contributed by atoms with Crippen molar-refractivity contribution in [1.29, 1.82) is 0 Å². The van der Waals surface area contributed by atoms with Gasteiger partial charge in [-0.1, -0.05) is 0 Å². The van der Waals surface area contributed by atoms with E-state index in [2.05, 4.69) is 17.4 Å². The van der Waals surface area contributed by atoms with E-state index in [0.29, 0.717) is 13.0 Å². The normalized spacial score (nSPS) is 29.6. The van der Waals surface area contributed by atoms with E-state index in [1.165, 1.54) is 0 Å². The summed E-state index contributed by atoms with van der Waals surface area (Å²) in [5.41, 5.74) is 0. The Labute approximate surface area is 53.6 Å². The highest BCUT2D eigenvalue weighted by Gasteiger charge is 2.15. The van der Waals surface area contributed by atoms with Gasteiger partial charge in [-0.05, 0) is 6.42 Å². The standard InChI is InChI=1S/C5H8O2S/c6-5-2-1-4(8)3-7-5/h4,8H,1-3H2. The average molecular weight is 132 g/mol. The molecule has 0 radical (unpaired) electrons. The van der Waals surface area contributed by atoms with E-state index in [9.17, 15) is 4.79 Å². The van der Waals surface area contributed by atoms with E-state index in [-0.39, 0.29) is 11.2 Å². The van der Waals surface area contributed by atoms with Crippen LogP contribution >= 0.6 is 12.6 Å². The van der Waals surface area contributed by atoms with Gasteiger partial charge in [0, 0.05) is 11.7 Å². The van der Waals surface area contributed by atoms with E-state index in [1.54, 1.807) is 0 Å². The van der Waals surface area contributed by atoms with Gasteiger partial charge in [0.2, 0.25) is 0 Å². The first-order valence-electron chi connectivity index (χ1n) is 2.63. The van der Waals surface area contributed by atoms with E-state index in [1.807, 2.05) is 0 Å². The van der Waals surface area contributed by atoms with E-state index in [4.69, 9.17) is 0 Å². The van der Waals surface area contributed by atoms with Crippen LogP contribution in [0.15, 0.2) is 0 Å². The molecule has 8 heavy (non-hydrogen) atoms. The van der Waals surface area contributed by atoms with Crippen molar-refractivity contribution in [1.82, 2.24) is 0 Å². The number of carbonyl (C=O) groups is 1. The van der Waals surface area contributed by atoms with Crippen LogP contribution in [-0.2, 0) is 9.53 Å². The Balaban J connectivity index is 2.29. The summed E-state index contributed by atoms with van der Waals surface area (Å²) in [7, 11) is 0. The molecule has 1 unspecified atom stereocenters. The van der Waals surface area contributed by atoms with Crippen molar-refractivity contribution in [2.24, 2.45) is 0 Å². The van der Waals surface area contributed by atoms with Crippen LogP contribution < -0.4 is 0 Å². The minimum atomic E-state index is -0.0877. The van der Waals surface area contributed by atoms with Gasteiger partial charge in [0.1, 0.15) is 6.61 Å². The smallest absolute Gasteiger partial charge is 0.305 e. The van der Waals surface area contributed by atoms with Crippen molar-refractivity contribution in [3.63, 3.8) is 0 Å². The molecule has 0 aromatic heterocycles. The van der Waals surface area contributed by atoms with Gasteiger partial charge < -0.3 is 4.74 Å². The molecule has 0 saturated carbocycles. The van der Waals surface area contributed by atoms with Crippen LogP contribution in [0.1, 0.15) is 12.8 Å². The number of esters is 1. The molecule has 1 heterocycles. The predicted molar refractivity (Wildman–Crippen MR) is 33.0 cm³/mol. The van der Waals surface area contributed by atoms with Crippen LogP contribution in [0.4, 0.5) is 0 Å². The lowest BCUT2D eigenvalue weighted by Crippen LogP contribution is -2.21. The fraction of sp³-hybridized carbons (Fsp3) is 0.800. The molecule has 0 N–H and O–H groups in total. The lowest BCUT2D eigenvalue weighted by molar-refractivity contribution is -0.146. The van der Waals surface area contributed by atoms with Gasteiger partial charge in [0.05, 0.1) is 0 Å². The van der Waals surface area contributed by atoms with Crippen LogP contribution in [0.5, 0.6) is 0 Å². The lowest BCUT2D eigenvalue weighted by Gasteiger charge is -2.15. The molecular weight excluding hydrogens is 124 g/mol. The van der Waals surface area contributed by atoms with E-state index < -0.39 is 0 Å². The summed E-state index contributed by atoms with van der Waals surface area (Å²) >= 11 is 4.12. The molecule has 1 aliphatic rings. The fourth-order valence-corrected chi connectivity index (χ4v) is 0.833. The number of thiol groups is 1. The number of hydrogen-bond donors (Lipinski definition) is 1. The van der Waals surface area contributed by atoms with Crippen molar-refractivity contribution >= 4 is 18.6 Å². The molecule has 1 rings (SSSR count). The number of hydrogen-bond acceptors (Lipinski definition) is 3. The minimum absolute atomic E-state index is 0.0877. The molecule has 0 aliphatic carbocycles. The molecule has 0 spiro atoms. The molecule has 1 atom stereocenters. The summed E-state index contributed by atoms with van der Waals surface area (Å²) in [5, 5.41) is 0.271. The van der Waals surface area contributed by atoms with Crippen LogP contribution in [0, 0.1) is 0 Å². The molecule has 0 aromatic rings. The highest BCUT2D eigenvalue weighted by Crippen LogP contribution is 2.11. The Hall–Kier alpha value is -0.180. The van der Waals surface area contributed by atoms with Gasteiger partial charge in [0.25, 0.3) is 0 Å². The van der Waals surface area contributed by atoms with E-state index in [0.717, 1.165) is 6.42 Å². The SMILES string of the molecule is O=C1CCC(S)CO1. The molecule has 1 fully saturated rings. The third-order valence-corrected chi connectivity index (χ3v) is 1.53. The summed E-state index contributed by atoms with van der Waals surface area (Å²) in [6, 6.07) is 0. The largest absolute Gasteiger partial charge is 0.465 e. The highest BCUT2D eigenvalue weighted by molar-refractivity contribution is 7.81. The average Bonchev–Trinajstić information content (AvgIpc) is 1.77. The summed E-state index contributed by atoms with van der Waals surface area (Å²) in [5.74, 6) is -0.0877. The first kappa shape index (κ1) is 5.95. The number of rotatable bonds is 0. The van der Waals surface area contributed by atoms with Crippen LogP contribution in [0.3, 0.4) is 0 Å². The maximum Gasteiger partial charge on any atom is 0.305 e. The van der Waals surface area contributed by atoms with Gasteiger partial charge in [-0.2, -0.15) is 12.6 Å². The molecule has 0 aromatic carbocycles. The van der Waals surface area contributed by atoms with Crippen molar-refractivity contribution < 1.29 is 9.53 Å². The van der Waals surface area contributed by atoms with Crippen molar-refractivity contribution in [3.8, 4) is 0 Å². The van der Waals surface area contributed by atoms with Gasteiger partial charge in [-0.25, -0.2) is 0 Å². The van der Waals surface area contributed by atoms with Crippen LogP contribution in [-0.4, -0.2) is 17.8 Å². The molecule has 46 valence electrons. The maximum absolute atomic E-state index is 10.4. The Morgan fingerprint density at radius 1 is 1.75 bits per heavy atom. The Morgan fingerprint density at radius 3 is 2.88 bits per heavy atom. The molecule has 0 bridgehead atoms. The third-order valence-electron chi connectivity index (χ3n) is 1.12. The summed E-state index contributed by atoms with van der Waals surface area (Å²) in [4.78, 5) is 10.4. The Bertz CT molecular complexity index is 92.6. The summed E-state index contributed by atoms with van der Waals surface area (Å²) in [6.45, 7) is 0.488. The van der Waals surface area contributed by atoms with Crippen molar-refractivity contribution in [2.75, 3.05) is 6.61 Å². The monoisotopic (exact) mass is 132 g/mol. The second-order valence-electron chi connectivity index (χ2n) is 1.88. The van der Waals surface area contributed by atoms with Gasteiger partial charge in [0.15, 0.2) is 0 Å². The lowest BCUT2D eigenvalue weighted by atomic mass is 10.2. The van der Waals surface area contributed by atoms with Gasteiger partial charge in [-0.15, -0.1) is 0 Å². The fourth-order valence-electron chi connectivity index (χ4n) is 0.629. The number of ether oxygens (including phenoxy) is 1. The van der Waals surface area contributed by atoms with Gasteiger partial charge in [-0.3, -0.25) is 4.79 Å². The van der Waals surface area contributed by atoms with Gasteiger partial charge >= 0.3 is 5.97 Å². The molecule has 3 heteroatoms. The first-order chi connectivity index (χ1) is 3.79.